The normalized spacial score (nSPS) is 22.6. The second kappa shape index (κ2) is 8.14. The van der Waals surface area contributed by atoms with E-state index in [1.807, 2.05) is 18.2 Å². The van der Waals surface area contributed by atoms with Crippen LogP contribution in [0.5, 0.6) is 0 Å². The summed E-state index contributed by atoms with van der Waals surface area (Å²) in [5.41, 5.74) is 1.23. The van der Waals surface area contributed by atoms with Crippen LogP contribution in [0.2, 0.25) is 0 Å². The van der Waals surface area contributed by atoms with E-state index in [1.165, 1.54) is 5.56 Å². The summed E-state index contributed by atoms with van der Waals surface area (Å²) in [6.07, 6.45) is 2.78. The monoisotopic (exact) mass is 317 g/mol. The van der Waals surface area contributed by atoms with Crippen molar-refractivity contribution in [2.75, 3.05) is 6.54 Å². The Morgan fingerprint density at radius 2 is 1.83 bits per heavy atom. The summed E-state index contributed by atoms with van der Waals surface area (Å²) in [5, 5.41) is 12.2. The lowest BCUT2D eigenvalue weighted by molar-refractivity contribution is -0.144. The molecule has 0 radical (unpaired) electrons. The number of benzene rings is 1. The highest BCUT2D eigenvalue weighted by molar-refractivity contribution is 5.80. The maximum absolute atomic E-state index is 12.4. The Morgan fingerprint density at radius 1 is 1.17 bits per heavy atom. The Hall–Kier alpha value is -1.84. The molecule has 126 valence electrons. The number of nitrogens with one attached hydrogen (secondary N) is 1. The van der Waals surface area contributed by atoms with Gasteiger partial charge in [0.05, 0.1) is 5.92 Å². The van der Waals surface area contributed by atoms with Crippen LogP contribution in [0.3, 0.4) is 0 Å². The van der Waals surface area contributed by atoms with E-state index in [4.69, 9.17) is 5.11 Å². The van der Waals surface area contributed by atoms with Gasteiger partial charge in [-0.1, -0.05) is 50.6 Å². The Bertz CT molecular complexity index is 527. The zero-order valence-corrected chi connectivity index (χ0v) is 14.0. The van der Waals surface area contributed by atoms with Gasteiger partial charge < -0.3 is 10.4 Å². The molecule has 4 nitrogen and oxygen atoms in total. The van der Waals surface area contributed by atoms with E-state index in [0.717, 1.165) is 12.8 Å². The van der Waals surface area contributed by atoms with Gasteiger partial charge in [0, 0.05) is 18.4 Å². The second-order valence-electron chi connectivity index (χ2n) is 6.91. The van der Waals surface area contributed by atoms with Gasteiger partial charge in [-0.3, -0.25) is 9.59 Å². The summed E-state index contributed by atoms with van der Waals surface area (Å²) in [6, 6.07) is 10.2. The number of carboxylic acid groups (broad SMARTS) is 1. The van der Waals surface area contributed by atoms with Gasteiger partial charge in [-0.2, -0.15) is 0 Å². The van der Waals surface area contributed by atoms with Crippen molar-refractivity contribution in [2.24, 2.45) is 17.8 Å². The molecule has 1 aromatic carbocycles. The molecule has 1 aliphatic rings. The number of hydrogen-bond acceptors (Lipinski definition) is 2. The molecule has 1 aromatic rings. The lowest BCUT2D eigenvalue weighted by Crippen LogP contribution is -2.38. The highest BCUT2D eigenvalue weighted by atomic mass is 16.4. The molecule has 0 saturated heterocycles. The fraction of sp³-hybridized carbons (Fsp3) is 0.579. The van der Waals surface area contributed by atoms with Crippen LogP contribution in [0.1, 0.15) is 51.0 Å². The van der Waals surface area contributed by atoms with Crippen LogP contribution >= 0.6 is 0 Å². The minimum atomic E-state index is -0.771. The molecule has 2 N–H and O–H groups in total. The zero-order chi connectivity index (χ0) is 16.8. The van der Waals surface area contributed by atoms with Crippen molar-refractivity contribution in [1.82, 2.24) is 5.32 Å². The SMILES string of the molecule is CC(C)C(CNC(=O)C1CCCC(C(=O)O)C1)c1ccccc1. The molecule has 0 bridgehead atoms. The molecule has 0 aromatic heterocycles. The molecule has 1 fully saturated rings. The molecule has 0 aliphatic heterocycles. The van der Waals surface area contributed by atoms with E-state index < -0.39 is 5.97 Å². The quantitative estimate of drug-likeness (QED) is 0.844. The van der Waals surface area contributed by atoms with Crippen molar-refractivity contribution in [1.29, 1.82) is 0 Å². The molecule has 23 heavy (non-hydrogen) atoms. The molecule has 0 spiro atoms. The lowest BCUT2D eigenvalue weighted by atomic mass is 9.81. The lowest BCUT2D eigenvalue weighted by Gasteiger charge is -2.27. The first-order valence-corrected chi connectivity index (χ1v) is 8.54. The van der Waals surface area contributed by atoms with Crippen LogP contribution in [-0.2, 0) is 9.59 Å². The fourth-order valence-corrected chi connectivity index (χ4v) is 3.45. The number of carbonyl (C=O) groups excluding carboxylic acids is 1. The Labute approximate surface area is 138 Å². The predicted molar refractivity (Wildman–Crippen MR) is 90.1 cm³/mol. The number of hydrogen-bond donors (Lipinski definition) is 2. The van der Waals surface area contributed by atoms with Gasteiger partial charge in [-0.25, -0.2) is 0 Å². The largest absolute Gasteiger partial charge is 0.481 e. The first-order valence-electron chi connectivity index (χ1n) is 8.54. The molecule has 0 heterocycles. The van der Waals surface area contributed by atoms with Crippen molar-refractivity contribution < 1.29 is 14.7 Å². The maximum Gasteiger partial charge on any atom is 0.306 e. The van der Waals surface area contributed by atoms with Crippen LogP contribution in [0.4, 0.5) is 0 Å². The van der Waals surface area contributed by atoms with Gasteiger partial charge in [-0.05, 0) is 30.7 Å². The van der Waals surface area contributed by atoms with E-state index in [-0.39, 0.29) is 23.7 Å². The second-order valence-corrected chi connectivity index (χ2v) is 6.91. The van der Waals surface area contributed by atoms with Gasteiger partial charge in [0.1, 0.15) is 0 Å². The summed E-state index contributed by atoms with van der Waals surface area (Å²) in [4.78, 5) is 23.6. The van der Waals surface area contributed by atoms with Crippen LogP contribution < -0.4 is 5.32 Å². The van der Waals surface area contributed by atoms with E-state index in [1.54, 1.807) is 0 Å². The number of carboxylic acids is 1. The Kier molecular flexibility index (Phi) is 6.20. The van der Waals surface area contributed by atoms with Crippen LogP contribution in [0.15, 0.2) is 30.3 Å². The van der Waals surface area contributed by atoms with Crippen molar-refractivity contribution >= 4 is 11.9 Å². The number of amides is 1. The number of rotatable bonds is 6. The van der Waals surface area contributed by atoms with Crippen molar-refractivity contribution in [3.8, 4) is 0 Å². The molecule has 2 rings (SSSR count). The van der Waals surface area contributed by atoms with E-state index in [0.29, 0.717) is 25.3 Å². The Balaban J connectivity index is 1.93. The third kappa shape index (κ3) is 4.81. The molecular weight excluding hydrogens is 290 g/mol. The minimum Gasteiger partial charge on any atom is -0.481 e. The van der Waals surface area contributed by atoms with Crippen LogP contribution in [0, 0.1) is 17.8 Å². The molecule has 4 heteroatoms. The van der Waals surface area contributed by atoms with E-state index in [2.05, 4.69) is 31.3 Å². The third-order valence-corrected chi connectivity index (χ3v) is 4.92. The Morgan fingerprint density at radius 3 is 2.43 bits per heavy atom. The molecule has 3 atom stereocenters. The van der Waals surface area contributed by atoms with Gasteiger partial charge in [0.2, 0.25) is 5.91 Å². The standard InChI is InChI=1S/C19H27NO3/c1-13(2)17(14-7-4-3-5-8-14)12-20-18(21)15-9-6-10-16(11-15)19(22)23/h3-5,7-8,13,15-17H,6,9-12H2,1-2H3,(H,20,21)(H,22,23). The predicted octanol–water partition coefficient (Wildman–Crippen LogP) is 3.43. The van der Waals surface area contributed by atoms with Gasteiger partial charge in [-0.15, -0.1) is 0 Å². The van der Waals surface area contributed by atoms with E-state index in [9.17, 15) is 9.59 Å². The summed E-state index contributed by atoms with van der Waals surface area (Å²) in [6.45, 7) is 4.92. The highest BCUT2D eigenvalue weighted by Gasteiger charge is 2.31. The summed E-state index contributed by atoms with van der Waals surface area (Å²) < 4.78 is 0. The van der Waals surface area contributed by atoms with Crippen LogP contribution in [0.25, 0.3) is 0 Å². The third-order valence-electron chi connectivity index (χ3n) is 4.92. The molecule has 1 saturated carbocycles. The summed E-state index contributed by atoms with van der Waals surface area (Å²) >= 11 is 0. The smallest absolute Gasteiger partial charge is 0.306 e. The topological polar surface area (TPSA) is 66.4 Å². The number of aliphatic carboxylic acids is 1. The summed E-state index contributed by atoms with van der Waals surface area (Å²) in [7, 11) is 0. The average Bonchev–Trinajstić information content (AvgIpc) is 2.55. The first kappa shape index (κ1) is 17.5. The van der Waals surface area contributed by atoms with Gasteiger partial charge in [0.15, 0.2) is 0 Å². The minimum absolute atomic E-state index is 0.0116. The zero-order valence-electron chi connectivity index (χ0n) is 14.0. The summed E-state index contributed by atoms with van der Waals surface area (Å²) in [5.74, 6) is -0.581. The first-order chi connectivity index (χ1) is 11.0. The number of carbonyl (C=O) groups is 2. The van der Waals surface area contributed by atoms with Gasteiger partial charge >= 0.3 is 5.97 Å². The van der Waals surface area contributed by atoms with Gasteiger partial charge in [0.25, 0.3) is 0 Å². The van der Waals surface area contributed by atoms with Crippen molar-refractivity contribution in [3.05, 3.63) is 35.9 Å². The van der Waals surface area contributed by atoms with Crippen LogP contribution in [-0.4, -0.2) is 23.5 Å². The molecule has 1 aliphatic carbocycles. The fourth-order valence-electron chi connectivity index (χ4n) is 3.45. The van der Waals surface area contributed by atoms with Crippen molar-refractivity contribution in [3.63, 3.8) is 0 Å². The average molecular weight is 317 g/mol. The van der Waals surface area contributed by atoms with Crippen molar-refractivity contribution in [2.45, 2.75) is 45.4 Å². The highest BCUT2D eigenvalue weighted by Crippen LogP contribution is 2.30. The van der Waals surface area contributed by atoms with E-state index >= 15 is 0 Å². The molecule has 1 amide bonds. The molecule has 3 unspecified atom stereocenters. The molecular formula is C19H27NO3. The maximum atomic E-state index is 12.4.